The molecule has 1 N–H and O–H groups in total. The van der Waals surface area contributed by atoms with Crippen LogP contribution in [0.4, 0.5) is 0 Å². The van der Waals surface area contributed by atoms with E-state index in [0.29, 0.717) is 23.7 Å². The minimum absolute atomic E-state index is 0.116. The Hall–Kier alpha value is -3.40. The predicted octanol–water partition coefficient (Wildman–Crippen LogP) is 3.92. The maximum Gasteiger partial charge on any atom is 0.327 e. The maximum atomic E-state index is 13.4. The summed E-state index contributed by atoms with van der Waals surface area (Å²) in [6.45, 7) is 0. The Morgan fingerprint density at radius 2 is 1.83 bits per heavy atom. The monoisotopic (exact) mass is 508 g/mol. The molecule has 0 bridgehead atoms. The van der Waals surface area contributed by atoms with Crippen molar-refractivity contribution in [3.8, 4) is 17.2 Å². The zero-order chi connectivity index (χ0) is 25.1. The third-order valence-electron chi connectivity index (χ3n) is 7.14. The van der Waals surface area contributed by atoms with Crippen LogP contribution in [-0.4, -0.2) is 55.0 Å². The van der Waals surface area contributed by atoms with Crippen LogP contribution in [-0.2, 0) is 20.7 Å². The van der Waals surface area contributed by atoms with Crippen molar-refractivity contribution < 1.29 is 24.2 Å². The minimum Gasteiger partial charge on any atom is -0.508 e. The van der Waals surface area contributed by atoms with Gasteiger partial charge in [0.2, 0.25) is 5.16 Å². The molecule has 0 amide bonds. The molecular formula is C26H28N4O5S. The number of ether oxygens (including phenoxy) is 2. The van der Waals surface area contributed by atoms with E-state index in [4.69, 9.17) is 9.47 Å². The number of rotatable bonds is 8. The number of phenols is 1. The van der Waals surface area contributed by atoms with Crippen LogP contribution in [0.2, 0.25) is 0 Å². The highest BCUT2D eigenvalue weighted by molar-refractivity contribution is 8.01. The summed E-state index contributed by atoms with van der Waals surface area (Å²) in [5.74, 6) is 0.399. The van der Waals surface area contributed by atoms with Gasteiger partial charge in [0.15, 0.2) is 11.0 Å². The van der Waals surface area contributed by atoms with Crippen molar-refractivity contribution >= 4 is 23.5 Å². The number of tetrazole rings is 1. The lowest BCUT2D eigenvalue weighted by Crippen LogP contribution is -2.53. The van der Waals surface area contributed by atoms with Gasteiger partial charge >= 0.3 is 5.97 Å². The lowest BCUT2D eigenvalue weighted by molar-refractivity contribution is -0.177. The fourth-order valence-corrected chi connectivity index (χ4v) is 6.10. The van der Waals surface area contributed by atoms with E-state index in [0.717, 1.165) is 48.8 Å². The summed E-state index contributed by atoms with van der Waals surface area (Å²) in [6.07, 6.45) is 5.58. The molecule has 2 heterocycles. The second kappa shape index (κ2) is 10.3. The van der Waals surface area contributed by atoms with Gasteiger partial charge in [0.25, 0.3) is 0 Å². The second-order valence-corrected chi connectivity index (χ2v) is 10.4. The predicted molar refractivity (Wildman–Crippen MR) is 132 cm³/mol. The molecule has 0 spiro atoms. The van der Waals surface area contributed by atoms with E-state index in [9.17, 15) is 14.7 Å². The standard InChI is InChI=1S/C26H28N4O5S/c1-34-21-12-6-17(7-13-21)14-15-26(18-4-2-3-5-18)16-22(32)23(24(33)35-26)36-25-27-28-29-30(25)19-8-10-20(31)11-9-19/h6-13,18,23,31H,2-5,14-16H2,1H3. The molecular weight excluding hydrogens is 480 g/mol. The molecule has 10 heteroatoms. The number of aryl methyl sites for hydroxylation is 1. The van der Waals surface area contributed by atoms with Gasteiger partial charge in [0, 0.05) is 6.42 Å². The Morgan fingerprint density at radius 3 is 2.50 bits per heavy atom. The third kappa shape index (κ3) is 4.95. The van der Waals surface area contributed by atoms with Gasteiger partial charge < -0.3 is 14.6 Å². The van der Waals surface area contributed by atoms with Crippen molar-refractivity contribution in [1.29, 1.82) is 0 Å². The number of carbonyl (C=O) groups excluding carboxylic acids is 2. The number of cyclic esters (lactones) is 1. The van der Waals surface area contributed by atoms with Gasteiger partial charge in [-0.25, -0.2) is 0 Å². The van der Waals surface area contributed by atoms with Crippen molar-refractivity contribution in [3.05, 3.63) is 54.1 Å². The maximum absolute atomic E-state index is 13.4. The molecule has 0 radical (unpaired) electrons. The first kappa shape index (κ1) is 24.3. The summed E-state index contributed by atoms with van der Waals surface area (Å²) >= 11 is 1.00. The van der Waals surface area contributed by atoms with Crippen molar-refractivity contribution in [2.24, 2.45) is 5.92 Å². The molecule has 1 aromatic heterocycles. The molecule has 2 aliphatic rings. The number of aromatic nitrogens is 4. The van der Waals surface area contributed by atoms with Crippen molar-refractivity contribution in [2.75, 3.05) is 7.11 Å². The quantitative estimate of drug-likeness (QED) is 0.357. The Balaban J connectivity index is 1.33. The van der Waals surface area contributed by atoms with Crippen LogP contribution in [0.15, 0.2) is 53.7 Å². The van der Waals surface area contributed by atoms with Gasteiger partial charge in [-0.15, -0.1) is 5.10 Å². The Bertz CT molecular complexity index is 1200. The van der Waals surface area contributed by atoms with Crippen LogP contribution < -0.4 is 4.74 Å². The van der Waals surface area contributed by atoms with E-state index < -0.39 is 16.8 Å². The minimum atomic E-state index is -1.03. The molecule has 36 heavy (non-hydrogen) atoms. The molecule has 5 rings (SSSR count). The molecule has 9 nitrogen and oxygen atoms in total. The largest absolute Gasteiger partial charge is 0.508 e. The molecule has 2 atom stereocenters. The van der Waals surface area contributed by atoms with E-state index in [1.54, 1.807) is 19.2 Å². The van der Waals surface area contributed by atoms with E-state index in [1.165, 1.54) is 16.8 Å². The number of esters is 1. The average Bonchev–Trinajstić information content (AvgIpc) is 3.59. The molecule has 1 saturated carbocycles. The summed E-state index contributed by atoms with van der Waals surface area (Å²) in [5.41, 5.74) is 0.933. The van der Waals surface area contributed by atoms with Crippen LogP contribution in [0, 0.1) is 5.92 Å². The lowest BCUT2D eigenvalue weighted by atomic mass is 9.76. The molecule has 1 aliphatic carbocycles. The fraction of sp³-hybridized carbons (Fsp3) is 0.423. The number of aromatic hydroxyl groups is 1. The number of carbonyl (C=O) groups is 2. The first-order chi connectivity index (χ1) is 17.5. The number of benzene rings is 2. The summed E-state index contributed by atoms with van der Waals surface area (Å²) in [7, 11) is 1.63. The number of phenolic OH excluding ortho intramolecular Hbond substituents is 1. The highest BCUT2D eigenvalue weighted by Crippen LogP contribution is 2.45. The Kier molecular flexibility index (Phi) is 6.95. The number of ketones is 1. The third-order valence-corrected chi connectivity index (χ3v) is 8.29. The number of methoxy groups -OCH3 is 1. The van der Waals surface area contributed by atoms with E-state index >= 15 is 0 Å². The highest BCUT2D eigenvalue weighted by Gasteiger charge is 2.52. The number of thioether (sulfide) groups is 1. The summed E-state index contributed by atoms with van der Waals surface area (Å²) in [4.78, 5) is 26.7. The van der Waals surface area contributed by atoms with Crippen molar-refractivity contribution in [2.45, 2.75) is 61.0 Å². The lowest BCUT2D eigenvalue weighted by Gasteiger charge is -2.42. The fourth-order valence-electron chi connectivity index (χ4n) is 5.21. The molecule has 2 fully saturated rings. The zero-order valence-corrected chi connectivity index (χ0v) is 20.8. The molecule has 2 aromatic carbocycles. The van der Waals surface area contributed by atoms with E-state index in [2.05, 4.69) is 15.5 Å². The highest BCUT2D eigenvalue weighted by atomic mass is 32.2. The smallest absolute Gasteiger partial charge is 0.327 e. The van der Waals surface area contributed by atoms with Crippen LogP contribution >= 0.6 is 11.8 Å². The average molecular weight is 509 g/mol. The molecule has 3 aromatic rings. The summed E-state index contributed by atoms with van der Waals surface area (Å²) < 4.78 is 12.9. The van der Waals surface area contributed by atoms with E-state index in [-0.39, 0.29) is 23.9 Å². The van der Waals surface area contributed by atoms with Crippen molar-refractivity contribution in [1.82, 2.24) is 20.2 Å². The van der Waals surface area contributed by atoms with Gasteiger partial charge in [-0.3, -0.25) is 9.59 Å². The van der Waals surface area contributed by atoms with Gasteiger partial charge in [-0.05, 0) is 84.0 Å². The normalized spacial score (nSPS) is 22.5. The van der Waals surface area contributed by atoms with Gasteiger partial charge in [0.05, 0.1) is 12.8 Å². The topological polar surface area (TPSA) is 116 Å². The second-order valence-electron chi connectivity index (χ2n) is 9.35. The van der Waals surface area contributed by atoms with Crippen LogP contribution in [0.1, 0.15) is 44.1 Å². The van der Waals surface area contributed by atoms with Gasteiger partial charge in [0.1, 0.15) is 17.1 Å². The van der Waals surface area contributed by atoms with Crippen LogP contribution in [0.5, 0.6) is 11.5 Å². The van der Waals surface area contributed by atoms with E-state index in [1.807, 2.05) is 24.3 Å². The SMILES string of the molecule is COc1ccc(CCC2(C3CCCC3)CC(=O)C(Sc3nnnn3-c3ccc(O)cc3)C(=O)O2)cc1. The molecule has 1 aliphatic heterocycles. The van der Waals surface area contributed by atoms with Gasteiger partial charge in [-0.1, -0.05) is 36.7 Å². The van der Waals surface area contributed by atoms with Gasteiger partial charge in [-0.2, -0.15) is 4.68 Å². The molecule has 188 valence electrons. The molecule has 2 unspecified atom stereocenters. The first-order valence-corrected chi connectivity index (χ1v) is 13.0. The number of Topliss-reactive ketones (excluding diaryl/α,β-unsaturated/α-hetero) is 1. The zero-order valence-electron chi connectivity index (χ0n) is 20.0. The Morgan fingerprint density at radius 1 is 1.11 bits per heavy atom. The Labute approximate surface area is 213 Å². The summed E-state index contributed by atoms with van der Waals surface area (Å²) in [6, 6.07) is 14.2. The number of nitrogens with zero attached hydrogens (tertiary/aromatic N) is 4. The van der Waals surface area contributed by atoms with Crippen LogP contribution in [0.25, 0.3) is 5.69 Å². The van der Waals surface area contributed by atoms with Crippen LogP contribution in [0.3, 0.4) is 0 Å². The van der Waals surface area contributed by atoms with Crippen molar-refractivity contribution in [3.63, 3.8) is 0 Å². The molecule has 1 saturated heterocycles. The summed E-state index contributed by atoms with van der Waals surface area (Å²) in [5, 5.41) is 20.5. The number of hydrogen-bond donors (Lipinski definition) is 1. The number of hydrogen-bond acceptors (Lipinski definition) is 9. The first-order valence-electron chi connectivity index (χ1n) is 12.1.